The van der Waals surface area contributed by atoms with Gasteiger partial charge in [-0.05, 0) is 40.3 Å². The van der Waals surface area contributed by atoms with Crippen LogP contribution in [0.4, 0.5) is 4.39 Å². The summed E-state index contributed by atoms with van der Waals surface area (Å²) in [6, 6.07) is 4.87. The predicted molar refractivity (Wildman–Crippen MR) is 60.7 cm³/mol. The average molecular weight is 289 g/mol. The van der Waals surface area contributed by atoms with E-state index in [9.17, 15) is 4.39 Å². The first-order valence-electron chi connectivity index (χ1n) is 3.98. The molecule has 0 aliphatic heterocycles. The van der Waals surface area contributed by atoms with E-state index in [0.717, 1.165) is 4.68 Å². The van der Waals surface area contributed by atoms with Crippen LogP contribution in [0.3, 0.4) is 0 Å². The molecule has 0 fully saturated rings. The van der Waals surface area contributed by atoms with E-state index < -0.39 is 5.82 Å². The Kier molecular flexibility index (Phi) is 2.57. The minimum absolute atomic E-state index is 0.240. The molecule has 0 saturated carbocycles. The molecule has 2 rings (SSSR count). The van der Waals surface area contributed by atoms with Gasteiger partial charge in [0, 0.05) is 0 Å². The van der Waals surface area contributed by atoms with Crippen LogP contribution in [0.25, 0.3) is 11.4 Å². The number of hydrogen-bond donors (Lipinski definition) is 2. The highest BCUT2D eigenvalue weighted by atomic mass is 79.9. The summed E-state index contributed by atoms with van der Waals surface area (Å²) < 4.78 is 15.4. The summed E-state index contributed by atoms with van der Waals surface area (Å²) in [5.41, 5.74) is 0.291. The second kappa shape index (κ2) is 3.74. The SMILES string of the molecule is Nn1c(-c2cccc(Br)c2F)n[nH]c1=S. The lowest BCUT2D eigenvalue weighted by Crippen LogP contribution is -2.10. The second-order valence-electron chi connectivity index (χ2n) is 2.82. The number of nitrogens with zero attached hydrogens (tertiary/aromatic N) is 2. The molecular weight excluding hydrogens is 283 g/mol. The molecular formula is C8H6BrFN4S. The van der Waals surface area contributed by atoms with Crippen LogP contribution in [0.15, 0.2) is 22.7 Å². The quantitative estimate of drug-likeness (QED) is 0.625. The Hall–Kier alpha value is -1.21. The Morgan fingerprint density at radius 1 is 1.53 bits per heavy atom. The maximum Gasteiger partial charge on any atom is 0.214 e. The summed E-state index contributed by atoms with van der Waals surface area (Å²) in [5, 5.41) is 6.34. The molecule has 0 amide bonds. The maximum absolute atomic E-state index is 13.7. The Morgan fingerprint density at radius 2 is 2.27 bits per heavy atom. The number of aromatic nitrogens is 3. The smallest absolute Gasteiger partial charge is 0.214 e. The van der Waals surface area contributed by atoms with E-state index in [1.165, 1.54) is 0 Å². The molecule has 0 saturated heterocycles. The number of halogens is 2. The van der Waals surface area contributed by atoms with Crippen molar-refractivity contribution in [1.82, 2.24) is 14.9 Å². The molecule has 0 aliphatic rings. The Morgan fingerprint density at radius 3 is 2.87 bits per heavy atom. The van der Waals surface area contributed by atoms with E-state index in [1.54, 1.807) is 18.2 Å². The van der Waals surface area contributed by atoms with Gasteiger partial charge in [0.25, 0.3) is 0 Å². The van der Waals surface area contributed by atoms with Gasteiger partial charge in [0.05, 0.1) is 10.0 Å². The van der Waals surface area contributed by atoms with Crippen molar-refractivity contribution in [1.29, 1.82) is 0 Å². The van der Waals surface area contributed by atoms with E-state index in [-0.39, 0.29) is 10.6 Å². The highest BCUT2D eigenvalue weighted by Crippen LogP contribution is 2.25. The van der Waals surface area contributed by atoms with E-state index in [2.05, 4.69) is 26.1 Å². The zero-order valence-electron chi connectivity index (χ0n) is 7.37. The molecule has 0 unspecified atom stereocenters. The predicted octanol–water partition coefficient (Wildman–Crippen LogP) is 2.22. The average Bonchev–Trinajstić information content (AvgIpc) is 2.53. The highest BCUT2D eigenvalue weighted by Gasteiger charge is 2.13. The molecule has 0 aliphatic carbocycles. The molecule has 2 aromatic rings. The molecule has 3 N–H and O–H groups in total. The number of nitrogens with two attached hydrogens (primary N) is 1. The van der Waals surface area contributed by atoms with Crippen LogP contribution in [0, 0.1) is 10.6 Å². The first-order chi connectivity index (χ1) is 7.11. The van der Waals surface area contributed by atoms with E-state index in [1.807, 2.05) is 0 Å². The van der Waals surface area contributed by atoms with Gasteiger partial charge in [-0.15, -0.1) is 0 Å². The topological polar surface area (TPSA) is 59.6 Å². The summed E-state index contributed by atoms with van der Waals surface area (Å²) in [6.07, 6.45) is 0. The molecule has 78 valence electrons. The lowest BCUT2D eigenvalue weighted by Gasteiger charge is -2.02. The number of H-pyrrole nitrogens is 1. The van der Waals surface area contributed by atoms with E-state index >= 15 is 0 Å². The first kappa shape index (κ1) is 10.3. The van der Waals surface area contributed by atoms with Crippen LogP contribution in [0.5, 0.6) is 0 Å². The van der Waals surface area contributed by atoms with Crippen LogP contribution >= 0.6 is 28.1 Å². The molecule has 0 radical (unpaired) electrons. The number of nitrogen functional groups attached to an aromatic ring is 1. The number of hydrogen-bond acceptors (Lipinski definition) is 3. The number of aromatic amines is 1. The monoisotopic (exact) mass is 288 g/mol. The van der Waals surface area contributed by atoms with E-state index in [4.69, 9.17) is 18.1 Å². The fraction of sp³-hybridized carbons (Fsp3) is 0. The van der Waals surface area contributed by atoms with Crippen molar-refractivity contribution >= 4 is 28.1 Å². The molecule has 1 aromatic heterocycles. The summed E-state index contributed by atoms with van der Waals surface area (Å²) in [6.45, 7) is 0. The van der Waals surface area contributed by atoms with Gasteiger partial charge in [0.15, 0.2) is 5.82 Å². The van der Waals surface area contributed by atoms with Crippen molar-refractivity contribution < 1.29 is 4.39 Å². The third-order valence-electron chi connectivity index (χ3n) is 1.90. The van der Waals surface area contributed by atoms with Crippen molar-refractivity contribution in [2.75, 3.05) is 5.84 Å². The largest absolute Gasteiger partial charge is 0.335 e. The molecule has 0 spiro atoms. The lowest BCUT2D eigenvalue weighted by molar-refractivity contribution is 0.622. The molecule has 4 nitrogen and oxygen atoms in total. The van der Waals surface area contributed by atoms with Gasteiger partial charge < -0.3 is 5.84 Å². The summed E-state index contributed by atoms with van der Waals surface area (Å²) in [5.74, 6) is 5.43. The van der Waals surface area contributed by atoms with Gasteiger partial charge in [-0.25, -0.2) is 14.2 Å². The molecule has 1 heterocycles. The molecule has 7 heteroatoms. The fourth-order valence-electron chi connectivity index (χ4n) is 1.17. The maximum atomic E-state index is 13.7. The third kappa shape index (κ3) is 1.68. The Bertz CT molecular complexity index is 562. The number of benzene rings is 1. The lowest BCUT2D eigenvalue weighted by atomic mass is 10.2. The summed E-state index contributed by atoms with van der Waals surface area (Å²) in [7, 11) is 0. The minimum atomic E-state index is -0.418. The van der Waals surface area contributed by atoms with Gasteiger partial charge in [-0.3, -0.25) is 0 Å². The van der Waals surface area contributed by atoms with Crippen molar-refractivity contribution in [2.24, 2.45) is 0 Å². The van der Waals surface area contributed by atoms with Gasteiger partial charge in [0.1, 0.15) is 5.82 Å². The van der Waals surface area contributed by atoms with Crippen LogP contribution in [0.1, 0.15) is 0 Å². The fourth-order valence-corrected chi connectivity index (χ4v) is 1.67. The highest BCUT2D eigenvalue weighted by molar-refractivity contribution is 9.10. The van der Waals surface area contributed by atoms with Gasteiger partial charge in [0.2, 0.25) is 4.77 Å². The van der Waals surface area contributed by atoms with Gasteiger partial charge in [-0.2, -0.15) is 5.10 Å². The van der Waals surface area contributed by atoms with Crippen molar-refractivity contribution in [3.8, 4) is 11.4 Å². The number of rotatable bonds is 1. The number of nitrogens with one attached hydrogen (secondary N) is 1. The van der Waals surface area contributed by atoms with Crippen LogP contribution in [-0.2, 0) is 0 Å². The molecule has 1 aromatic carbocycles. The van der Waals surface area contributed by atoms with Crippen molar-refractivity contribution in [3.63, 3.8) is 0 Å². The van der Waals surface area contributed by atoms with Crippen LogP contribution in [-0.4, -0.2) is 14.9 Å². The van der Waals surface area contributed by atoms with Crippen LogP contribution in [0.2, 0.25) is 0 Å². The second-order valence-corrected chi connectivity index (χ2v) is 4.06. The molecule has 0 atom stereocenters. The minimum Gasteiger partial charge on any atom is -0.335 e. The Labute approximate surface area is 98.0 Å². The third-order valence-corrected chi connectivity index (χ3v) is 2.80. The zero-order chi connectivity index (χ0) is 11.0. The van der Waals surface area contributed by atoms with Gasteiger partial charge >= 0.3 is 0 Å². The molecule has 15 heavy (non-hydrogen) atoms. The van der Waals surface area contributed by atoms with Crippen LogP contribution < -0.4 is 5.84 Å². The summed E-state index contributed by atoms with van der Waals surface area (Å²) >= 11 is 7.92. The van der Waals surface area contributed by atoms with Gasteiger partial charge in [-0.1, -0.05) is 6.07 Å². The standard InChI is InChI=1S/C8H6BrFN4S/c9-5-3-1-2-4(6(5)10)7-12-13-8(15)14(7)11/h1-3H,11H2,(H,13,15). The zero-order valence-corrected chi connectivity index (χ0v) is 9.77. The molecule has 0 bridgehead atoms. The normalized spacial score (nSPS) is 10.5. The first-order valence-corrected chi connectivity index (χ1v) is 5.18. The van der Waals surface area contributed by atoms with Crippen molar-refractivity contribution in [2.45, 2.75) is 0 Å². The van der Waals surface area contributed by atoms with Crippen molar-refractivity contribution in [3.05, 3.63) is 33.3 Å². The summed E-state index contributed by atoms with van der Waals surface area (Å²) in [4.78, 5) is 0. The Balaban J connectivity index is 2.69. The van der Waals surface area contributed by atoms with E-state index in [0.29, 0.717) is 10.0 Å².